The van der Waals surface area contributed by atoms with Gasteiger partial charge in [0.25, 0.3) is 5.91 Å². The quantitative estimate of drug-likeness (QED) is 0.763. The van der Waals surface area contributed by atoms with Gasteiger partial charge in [-0.3, -0.25) is 9.69 Å². The van der Waals surface area contributed by atoms with Crippen LogP contribution in [0.3, 0.4) is 0 Å². The molecule has 0 saturated carbocycles. The second kappa shape index (κ2) is 8.79. The number of rotatable bonds is 7. The summed E-state index contributed by atoms with van der Waals surface area (Å²) in [5.74, 6) is -0.619. The molecule has 0 radical (unpaired) electrons. The first-order valence-corrected chi connectivity index (χ1v) is 9.02. The van der Waals surface area contributed by atoms with E-state index < -0.39 is 5.91 Å². The van der Waals surface area contributed by atoms with E-state index in [1.54, 1.807) is 0 Å². The molecule has 24 heavy (non-hydrogen) atoms. The van der Waals surface area contributed by atoms with Crippen molar-refractivity contribution in [3.05, 3.63) is 21.7 Å². The number of ether oxygens (including phenoxy) is 1. The zero-order valence-corrected chi connectivity index (χ0v) is 15.6. The second-order valence-electron chi connectivity index (χ2n) is 5.99. The third-order valence-corrected chi connectivity index (χ3v) is 4.96. The largest absolute Gasteiger partial charge is 0.505 e. The molecule has 0 bridgehead atoms. The molecule has 1 aliphatic heterocycles. The third kappa shape index (κ3) is 4.26. The number of nitrogens with one attached hydrogen (secondary N) is 1. The van der Waals surface area contributed by atoms with Gasteiger partial charge in [0.2, 0.25) is 0 Å². The zero-order valence-electron chi connectivity index (χ0n) is 14.1. The first-order valence-electron chi connectivity index (χ1n) is 8.26. The van der Waals surface area contributed by atoms with Crippen LogP contribution in [0.25, 0.3) is 0 Å². The SMILES string of the molecule is CCCCN1CCC[C@H]1CNC(=O)c1c(O)c(Cl)cc(Cl)c1OC. The molecule has 2 rings (SSSR count). The molecular weight excluding hydrogens is 351 g/mol. The maximum atomic E-state index is 12.5. The summed E-state index contributed by atoms with van der Waals surface area (Å²) in [5, 5.41) is 13.2. The number of aromatic hydroxyl groups is 1. The Morgan fingerprint density at radius 1 is 1.46 bits per heavy atom. The second-order valence-corrected chi connectivity index (χ2v) is 6.81. The Morgan fingerprint density at radius 3 is 2.88 bits per heavy atom. The molecule has 1 heterocycles. The fraction of sp³-hybridized carbons (Fsp3) is 0.588. The molecule has 0 spiro atoms. The molecule has 0 unspecified atom stereocenters. The number of likely N-dealkylation sites (tertiary alicyclic amines) is 1. The number of benzene rings is 1. The molecule has 0 aliphatic carbocycles. The highest BCUT2D eigenvalue weighted by atomic mass is 35.5. The molecule has 1 aromatic carbocycles. The number of unbranched alkanes of at least 4 members (excludes halogenated alkanes) is 1. The topological polar surface area (TPSA) is 61.8 Å². The monoisotopic (exact) mass is 374 g/mol. The van der Waals surface area contributed by atoms with Crippen molar-refractivity contribution in [1.82, 2.24) is 10.2 Å². The third-order valence-electron chi connectivity index (χ3n) is 4.39. The smallest absolute Gasteiger partial charge is 0.259 e. The van der Waals surface area contributed by atoms with E-state index in [-0.39, 0.29) is 27.1 Å². The summed E-state index contributed by atoms with van der Waals surface area (Å²) in [4.78, 5) is 14.9. The molecule has 1 aliphatic rings. The van der Waals surface area contributed by atoms with Gasteiger partial charge in [-0.25, -0.2) is 0 Å². The Labute approximate surface area is 152 Å². The number of phenolic OH excluding ortho intramolecular Hbond substituents is 1. The van der Waals surface area contributed by atoms with E-state index in [9.17, 15) is 9.90 Å². The summed E-state index contributed by atoms with van der Waals surface area (Å²) < 4.78 is 5.16. The van der Waals surface area contributed by atoms with E-state index in [2.05, 4.69) is 17.1 Å². The molecule has 7 heteroatoms. The molecule has 1 aromatic rings. The Balaban J connectivity index is 2.08. The lowest BCUT2D eigenvalue weighted by Crippen LogP contribution is -2.40. The maximum absolute atomic E-state index is 12.5. The number of phenols is 1. The van der Waals surface area contributed by atoms with E-state index in [0.29, 0.717) is 12.6 Å². The Morgan fingerprint density at radius 2 is 2.21 bits per heavy atom. The van der Waals surface area contributed by atoms with Gasteiger partial charge in [-0.2, -0.15) is 0 Å². The minimum absolute atomic E-state index is 0.0203. The molecule has 134 valence electrons. The zero-order chi connectivity index (χ0) is 17.7. The van der Waals surface area contributed by atoms with E-state index in [4.69, 9.17) is 27.9 Å². The van der Waals surface area contributed by atoms with Crippen LogP contribution in [0.1, 0.15) is 43.0 Å². The van der Waals surface area contributed by atoms with Gasteiger partial charge in [0.05, 0.1) is 17.2 Å². The number of hydrogen-bond donors (Lipinski definition) is 2. The summed E-state index contributed by atoms with van der Waals surface area (Å²) in [5.41, 5.74) is -0.0203. The van der Waals surface area contributed by atoms with Crippen molar-refractivity contribution in [2.24, 2.45) is 0 Å². The van der Waals surface area contributed by atoms with Gasteiger partial charge in [-0.1, -0.05) is 36.5 Å². The number of carbonyl (C=O) groups excluding carboxylic acids is 1. The first-order chi connectivity index (χ1) is 11.5. The number of hydrogen-bond acceptors (Lipinski definition) is 4. The number of carbonyl (C=O) groups is 1. The molecular formula is C17H24Cl2N2O3. The van der Waals surface area contributed by atoms with E-state index in [0.717, 1.165) is 38.8 Å². The molecule has 1 saturated heterocycles. The van der Waals surface area contributed by atoms with Crippen LogP contribution in [0, 0.1) is 0 Å². The minimum atomic E-state index is -0.434. The predicted molar refractivity (Wildman–Crippen MR) is 96.5 cm³/mol. The summed E-state index contributed by atoms with van der Waals surface area (Å²) in [7, 11) is 1.40. The lowest BCUT2D eigenvalue weighted by atomic mass is 10.1. The van der Waals surface area contributed by atoms with Crippen LogP contribution < -0.4 is 10.1 Å². The number of halogens is 2. The van der Waals surface area contributed by atoms with Gasteiger partial charge >= 0.3 is 0 Å². The molecule has 5 nitrogen and oxygen atoms in total. The van der Waals surface area contributed by atoms with Crippen LogP contribution in [0.2, 0.25) is 10.0 Å². The summed E-state index contributed by atoms with van der Waals surface area (Å²) in [6.45, 7) is 4.81. The number of methoxy groups -OCH3 is 1. The molecule has 1 atom stereocenters. The Bertz CT molecular complexity index is 596. The van der Waals surface area contributed by atoms with Gasteiger partial charge in [0, 0.05) is 12.6 Å². The van der Waals surface area contributed by atoms with Gasteiger partial charge in [0.15, 0.2) is 11.5 Å². The normalized spacial score (nSPS) is 17.9. The number of nitrogens with zero attached hydrogens (tertiary/aromatic N) is 1. The lowest BCUT2D eigenvalue weighted by molar-refractivity contribution is 0.0934. The summed E-state index contributed by atoms with van der Waals surface area (Å²) in [6.07, 6.45) is 4.51. The van der Waals surface area contributed by atoms with Crippen LogP contribution in [-0.4, -0.2) is 48.7 Å². The van der Waals surface area contributed by atoms with Crippen LogP contribution in [0.5, 0.6) is 11.5 Å². The highest BCUT2D eigenvalue weighted by Gasteiger charge is 2.27. The highest BCUT2D eigenvalue weighted by Crippen LogP contribution is 2.40. The van der Waals surface area contributed by atoms with E-state index >= 15 is 0 Å². The average molecular weight is 375 g/mol. The Hall–Kier alpha value is -1.17. The minimum Gasteiger partial charge on any atom is -0.505 e. The van der Waals surface area contributed by atoms with E-state index in [1.165, 1.54) is 13.2 Å². The lowest BCUT2D eigenvalue weighted by Gasteiger charge is -2.24. The van der Waals surface area contributed by atoms with Gasteiger partial charge < -0.3 is 15.2 Å². The van der Waals surface area contributed by atoms with Gasteiger partial charge in [-0.15, -0.1) is 0 Å². The van der Waals surface area contributed by atoms with Crippen LogP contribution in [0.4, 0.5) is 0 Å². The van der Waals surface area contributed by atoms with Crippen molar-refractivity contribution in [3.8, 4) is 11.5 Å². The maximum Gasteiger partial charge on any atom is 0.259 e. The fourth-order valence-electron chi connectivity index (χ4n) is 3.08. The van der Waals surface area contributed by atoms with Gasteiger partial charge in [-0.05, 0) is 38.4 Å². The number of amides is 1. The van der Waals surface area contributed by atoms with Crippen molar-refractivity contribution in [2.75, 3.05) is 26.7 Å². The average Bonchev–Trinajstić information content (AvgIpc) is 3.01. The van der Waals surface area contributed by atoms with Crippen molar-refractivity contribution < 1.29 is 14.6 Å². The highest BCUT2D eigenvalue weighted by molar-refractivity contribution is 6.37. The summed E-state index contributed by atoms with van der Waals surface area (Å²) >= 11 is 12.0. The molecule has 1 fully saturated rings. The fourth-order valence-corrected chi connectivity index (χ4v) is 3.62. The van der Waals surface area contributed by atoms with Crippen molar-refractivity contribution >= 4 is 29.1 Å². The Kier molecular flexibility index (Phi) is 7.02. The molecule has 2 N–H and O–H groups in total. The van der Waals surface area contributed by atoms with Gasteiger partial charge in [0.1, 0.15) is 5.56 Å². The standard InChI is InChI=1S/C17H24Cl2N2O3/c1-3-4-7-21-8-5-6-11(21)10-20-17(23)14-15(22)12(18)9-13(19)16(14)24-2/h9,11,22H,3-8,10H2,1-2H3,(H,20,23)/t11-/m0/s1. The van der Waals surface area contributed by atoms with E-state index in [1.807, 2.05) is 0 Å². The van der Waals surface area contributed by atoms with Crippen LogP contribution >= 0.6 is 23.2 Å². The predicted octanol–water partition coefficient (Wildman–Crippen LogP) is 3.70. The molecule has 1 amide bonds. The van der Waals surface area contributed by atoms with Crippen LogP contribution in [0.15, 0.2) is 6.07 Å². The summed E-state index contributed by atoms with van der Waals surface area (Å²) in [6, 6.07) is 1.68. The molecule has 0 aromatic heterocycles. The van der Waals surface area contributed by atoms with Crippen molar-refractivity contribution in [2.45, 2.75) is 38.6 Å². The van der Waals surface area contributed by atoms with Crippen molar-refractivity contribution in [1.29, 1.82) is 0 Å². The van der Waals surface area contributed by atoms with Crippen LogP contribution in [-0.2, 0) is 0 Å². The van der Waals surface area contributed by atoms with Crippen molar-refractivity contribution in [3.63, 3.8) is 0 Å². The first kappa shape index (κ1) is 19.2.